The van der Waals surface area contributed by atoms with E-state index in [0.29, 0.717) is 16.3 Å². The molecule has 126 valence electrons. The second-order valence-corrected chi connectivity index (χ2v) is 6.27. The third-order valence-corrected chi connectivity index (χ3v) is 4.71. The lowest BCUT2D eigenvalue weighted by molar-refractivity contribution is 0.473. The molecular weight excluding hydrogens is 334 g/mol. The van der Waals surface area contributed by atoms with Crippen molar-refractivity contribution in [1.29, 1.82) is 0 Å². The Morgan fingerprint density at radius 3 is 2.32 bits per heavy atom. The molecule has 0 fully saturated rings. The summed E-state index contributed by atoms with van der Waals surface area (Å²) in [7, 11) is 0. The zero-order chi connectivity index (χ0) is 18.0. The van der Waals surface area contributed by atoms with Crippen molar-refractivity contribution < 1.29 is 10.2 Å². The molecule has 4 heteroatoms. The highest BCUT2D eigenvalue weighted by atomic mass is 35.5. The van der Waals surface area contributed by atoms with Crippen molar-refractivity contribution in [2.24, 2.45) is 4.99 Å². The van der Waals surface area contributed by atoms with E-state index in [1.54, 1.807) is 12.1 Å². The van der Waals surface area contributed by atoms with Gasteiger partial charge in [-0.3, -0.25) is 4.99 Å². The lowest BCUT2D eigenvalue weighted by Gasteiger charge is -2.09. The second-order valence-electron chi connectivity index (χ2n) is 5.89. The van der Waals surface area contributed by atoms with Gasteiger partial charge in [-0.15, -0.1) is 0 Å². The maximum Gasteiger partial charge on any atom is 0.141 e. The van der Waals surface area contributed by atoms with Gasteiger partial charge < -0.3 is 10.2 Å². The van der Waals surface area contributed by atoms with E-state index in [1.165, 1.54) is 6.21 Å². The standard InChI is InChI=1S/C21H18ClNO2/c1-13-10-20(25)17(14(2)21(13)22)12-23-18-11-16(8-9-19(18)24)15-6-4-3-5-7-15/h3-12,24-25H,1-2H3. The molecule has 0 bridgehead atoms. The van der Waals surface area contributed by atoms with Crippen LogP contribution in [0.15, 0.2) is 59.6 Å². The van der Waals surface area contributed by atoms with Gasteiger partial charge in [-0.1, -0.05) is 48.0 Å². The lowest BCUT2D eigenvalue weighted by Crippen LogP contribution is -1.92. The molecule has 3 nitrogen and oxygen atoms in total. The number of hydrogen-bond acceptors (Lipinski definition) is 3. The molecule has 3 aromatic carbocycles. The van der Waals surface area contributed by atoms with Crippen molar-refractivity contribution in [3.8, 4) is 22.6 Å². The van der Waals surface area contributed by atoms with E-state index in [0.717, 1.165) is 22.3 Å². The molecule has 25 heavy (non-hydrogen) atoms. The molecule has 0 spiro atoms. The molecule has 0 heterocycles. The van der Waals surface area contributed by atoms with Crippen LogP contribution in [0.1, 0.15) is 16.7 Å². The van der Waals surface area contributed by atoms with Gasteiger partial charge in [0, 0.05) is 16.8 Å². The summed E-state index contributed by atoms with van der Waals surface area (Å²) in [5.41, 5.74) is 4.52. The maximum atomic E-state index is 10.2. The molecule has 0 radical (unpaired) electrons. The highest BCUT2D eigenvalue weighted by Crippen LogP contribution is 2.33. The molecule has 0 unspecified atom stereocenters. The van der Waals surface area contributed by atoms with Crippen LogP contribution in [0.4, 0.5) is 5.69 Å². The van der Waals surface area contributed by atoms with Gasteiger partial charge in [0.1, 0.15) is 17.2 Å². The first-order valence-corrected chi connectivity index (χ1v) is 8.26. The normalized spacial score (nSPS) is 11.2. The summed E-state index contributed by atoms with van der Waals surface area (Å²) in [6.07, 6.45) is 1.53. The van der Waals surface area contributed by atoms with E-state index in [2.05, 4.69) is 4.99 Å². The lowest BCUT2D eigenvalue weighted by atomic mass is 10.0. The van der Waals surface area contributed by atoms with E-state index < -0.39 is 0 Å². The van der Waals surface area contributed by atoms with E-state index in [4.69, 9.17) is 11.6 Å². The van der Waals surface area contributed by atoms with Crippen molar-refractivity contribution in [1.82, 2.24) is 0 Å². The summed E-state index contributed by atoms with van der Waals surface area (Å²) in [6.45, 7) is 3.67. The maximum absolute atomic E-state index is 10.2. The summed E-state index contributed by atoms with van der Waals surface area (Å²) in [4.78, 5) is 4.36. The Hall–Kier alpha value is -2.78. The molecule has 0 saturated heterocycles. The Labute approximate surface area is 151 Å². The highest BCUT2D eigenvalue weighted by Gasteiger charge is 2.10. The first-order valence-electron chi connectivity index (χ1n) is 7.88. The van der Waals surface area contributed by atoms with Gasteiger partial charge in [0.15, 0.2) is 0 Å². The summed E-state index contributed by atoms with van der Waals surface area (Å²) < 4.78 is 0. The molecule has 0 aliphatic rings. The molecule has 0 amide bonds. The number of aliphatic imine (C=N–C) groups is 1. The largest absolute Gasteiger partial charge is 0.507 e. The fourth-order valence-corrected chi connectivity index (χ4v) is 2.84. The number of benzene rings is 3. The summed E-state index contributed by atoms with van der Waals surface area (Å²) in [5, 5.41) is 20.9. The molecular formula is C21H18ClNO2. The van der Waals surface area contributed by atoms with Crippen molar-refractivity contribution in [2.45, 2.75) is 13.8 Å². The smallest absolute Gasteiger partial charge is 0.141 e. The van der Waals surface area contributed by atoms with E-state index in [-0.39, 0.29) is 11.5 Å². The van der Waals surface area contributed by atoms with Crippen LogP contribution in [0.3, 0.4) is 0 Å². The van der Waals surface area contributed by atoms with Crippen LogP contribution in [0.2, 0.25) is 5.02 Å². The summed E-state index contributed by atoms with van der Waals surface area (Å²) >= 11 is 6.25. The van der Waals surface area contributed by atoms with Crippen LogP contribution in [-0.2, 0) is 0 Å². The molecule has 0 aliphatic carbocycles. The van der Waals surface area contributed by atoms with Crippen molar-refractivity contribution in [3.63, 3.8) is 0 Å². The second kappa shape index (κ2) is 6.99. The van der Waals surface area contributed by atoms with Crippen LogP contribution in [-0.4, -0.2) is 16.4 Å². The number of aryl methyl sites for hydroxylation is 1. The van der Waals surface area contributed by atoms with Gasteiger partial charge in [0.2, 0.25) is 0 Å². The van der Waals surface area contributed by atoms with E-state index in [9.17, 15) is 10.2 Å². The molecule has 0 saturated carbocycles. The number of phenolic OH excluding ortho intramolecular Hbond substituents is 2. The minimum absolute atomic E-state index is 0.0753. The number of halogens is 1. The SMILES string of the molecule is Cc1cc(O)c(C=Nc2cc(-c3ccccc3)ccc2O)c(C)c1Cl. The Bertz CT molecular complexity index is 950. The monoisotopic (exact) mass is 351 g/mol. The van der Waals surface area contributed by atoms with Crippen LogP contribution >= 0.6 is 11.6 Å². The number of rotatable bonds is 3. The molecule has 3 aromatic rings. The quantitative estimate of drug-likeness (QED) is 0.587. The number of nitrogens with zero attached hydrogens (tertiary/aromatic N) is 1. The van der Waals surface area contributed by atoms with Gasteiger partial charge in [-0.25, -0.2) is 0 Å². The van der Waals surface area contributed by atoms with E-state index >= 15 is 0 Å². The Kier molecular flexibility index (Phi) is 4.77. The highest BCUT2D eigenvalue weighted by molar-refractivity contribution is 6.32. The van der Waals surface area contributed by atoms with E-state index in [1.807, 2.05) is 56.3 Å². The Morgan fingerprint density at radius 1 is 0.880 bits per heavy atom. The average molecular weight is 352 g/mol. The number of phenols is 2. The van der Waals surface area contributed by atoms with Crippen molar-refractivity contribution in [3.05, 3.63) is 76.3 Å². The predicted octanol–water partition coefficient (Wildman–Crippen LogP) is 5.79. The molecule has 2 N–H and O–H groups in total. The van der Waals surface area contributed by atoms with Crippen LogP contribution in [0.25, 0.3) is 11.1 Å². The van der Waals surface area contributed by atoms with Crippen molar-refractivity contribution in [2.75, 3.05) is 0 Å². The minimum atomic E-state index is 0.0753. The Morgan fingerprint density at radius 2 is 1.60 bits per heavy atom. The molecule has 0 aromatic heterocycles. The predicted molar refractivity (Wildman–Crippen MR) is 103 cm³/mol. The Balaban J connectivity index is 2.01. The number of aromatic hydroxyl groups is 2. The van der Waals surface area contributed by atoms with Crippen molar-refractivity contribution >= 4 is 23.5 Å². The van der Waals surface area contributed by atoms with Gasteiger partial charge in [0.05, 0.1) is 0 Å². The van der Waals surface area contributed by atoms with Gasteiger partial charge in [-0.05, 0) is 54.3 Å². The fraction of sp³-hybridized carbons (Fsp3) is 0.0952. The summed E-state index contributed by atoms with van der Waals surface area (Å²) in [6, 6.07) is 16.7. The summed E-state index contributed by atoms with van der Waals surface area (Å²) in [5.74, 6) is 0.188. The van der Waals surface area contributed by atoms with Crippen LogP contribution < -0.4 is 0 Å². The topological polar surface area (TPSA) is 52.8 Å². The molecule has 0 aliphatic heterocycles. The third kappa shape index (κ3) is 3.52. The molecule has 3 rings (SSSR count). The number of hydrogen-bond donors (Lipinski definition) is 2. The first kappa shape index (κ1) is 17.1. The zero-order valence-corrected chi connectivity index (χ0v) is 14.7. The minimum Gasteiger partial charge on any atom is -0.507 e. The fourth-order valence-electron chi connectivity index (χ4n) is 2.69. The van der Waals surface area contributed by atoms with Gasteiger partial charge in [-0.2, -0.15) is 0 Å². The average Bonchev–Trinajstić information content (AvgIpc) is 2.62. The zero-order valence-electron chi connectivity index (χ0n) is 14.0. The van der Waals surface area contributed by atoms with Gasteiger partial charge >= 0.3 is 0 Å². The van der Waals surface area contributed by atoms with Crippen LogP contribution in [0.5, 0.6) is 11.5 Å². The molecule has 0 atom stereocenters. The first-order chi connectivity index (χ1) is 12.0. The third-order valence-electron chi connectivity index (χ3n) is 4.12. The van der Waals surface area contributed by atoms with Crippen LogP contribution in [0, 0.1) is 13.8 Å². The van der Waals surface area contributed by atoms with Gasteiger partial charge in [0.25, 0.3) is 0 Å².